The van der Waals surface area contributed by atoms with Crippen LogP contribution in [0.25, 0.3) is 0 Å². The van der Waals surface area contributed by atoms with Crippen LogP contribution < -0.4 is 0 Å². The first kappa shape index (κ1) is 12.5. The van der Waals surface area contributed by atoms with Crippen LogP contribution in [0.2, 0.25) is 0 Å². The zero-order chi connectivity index (χ0) is 10.8. The van der Waals surface area contributed by atoms with E-state index >= 15 is 0 Å². The van der Waals surface area contributed by atoms with Crippen molar-refractivity contribution in [3.63, 3.8) is 0 Å². The van der Waals surface area contributed by atoms with Gasteiger partial charge in [0.2, 0.25) is 18.2 Å². The van der Waals surface area contributed by atoms with Crippen molar-refractivity contribution in [2.75, 3.05) is 6.54 Å². The average molecular weight is 213 g/mol. The van der Waals surface area contributed by atoms with Crippen LogP contribution in [0, 0.1) is 0 Å². The topological polar surface area (TPSA) is 88.3 Å². The van der Waals surface area contributed by atoms with Crippen LogP contribution in [-0.2, 0) is 14.4 Å². The third-order valence-corrected chi connectivity index (χ3v) is 2.17. The maximum atomic E-state index is 9.96. The fraction of sp³-hybridized carbons (Fsp3) is 0.571. The highest BCUT2D eigenvalue weighted by atomic mass is 32.2. The molecular formula is C7H7N3O3S. The third kappa shape index (κ3) is 6.06. The summed E-state index contributed by atoms with van der Waals surface area (Å²) in [5.74, 6) is 0. The van der Waals surface area contributed by atoms with E-state index in [4.69, 9.17) is 0 Å². The summed E-state index contributed by atoms with van der Waals surface area (Å²) >= 11 is 1.10. The van der Waals surface area contributed by atoms with Crippen molar-refractivity contribution in [1.82, 2.24) is 0 Å². The third-order valence-electron chi connectivity index (χ3n) is 1.10. The second-order valence-electron chi connectivity index (χ2n) is 2.06. The standard InChI is InChI=1S/C7H7N3O3S/c1-6(9-4-12)14-7(10-5-13)2-8-3-11/h6-7H,2H2,1H3. The summed E-state index contributed by atoms with van der Waals surface area (Å²) in [6.45, 7) is 1.65. The highest BCUT2D eigenvalue weighted by molar-refractivity contribution is 8.00. The normalized spacial score (nSPS) is 12.6. The highest BCUT2D eigenvalue weighted by Crippen LogP contribution is 2.19. The van der Waals surface area contributed by atoms with E-state index in [-0.39, 0.29) is 6.54 Å². The van der Waals surface area contributed by atoms with Crippen molar-refractivity contribution >= 4 is 30.0 Å². The smallest absolute Gasteiger partial charge is 0.211 e. The van der Waals surface area contributed by atoms with Gasteiger partial charge in [-0.15, -0.1) is 11.8 Å². The van der Waals surface area contributed by atoms with E-state index in [1.807, 2.05) is 0 Å². The summed E-state index contributed by atoms with van der Waals surface area (Å²) in [6.07, 6.45) is 4.05. The van der Waals surface area contributed by atoms with Gasteiger partial charge < -0.3 is 0 Å². The van der Waals surface area contributed by atoms with E-state index in [0.29, 0.717) is 0 Å². The van der Waals surface area contributed by atoms with Crippen molar-refractivity contribution in [3.8, 4) is 0 Å². The van der Waals surface area contributed by atoms with E-state index < -0.39 is 10.7 Å². The molecular weight excluding hydrogens is 206 g/mol. The van der Waals surface area contributed by atoms with Gasteiger partial charge in [0.15, 0.2) is 0 Å². The molecule has 14 heavy (non-hydrogen) atoms. The van der Waals surface area contributed by atoms with E-state index in [1.165, 1.54) is 18.2 Å². The molecule has 0 fully saturated rings. The predicted octanol–water partition coefficient (Wildman–Crippen LogP) is 0.399. The van der Waals surface area contributed by atoms with Crippen LogP contribution in [0.1, 0.15) is 6.92 Å². The minimum Gasteiger partial charge on any atom is -0.211 e. The number of hydrogen-bond donors (Lipinski definition) is 0. The molecule has 0 amide bonds. The highest BCUT2D eigenvalue weighted by Gasteiger charge is 2.11. The van der Waals surface area contributed by atoms with Crippen LogP contribution in [-0.4, -0.2) is 35.5 Å². The monoisotopic (exact) mass is 213 g/mol. The first-order valence-electron chi connectivity index (χ1n) is 3.57. The van der Waals surface area contributed by atoms with Gasteiger partial charge in [-0.3, -0.25) is 0 Å². The molecule has 0 aromatic rings. The van der Waals surface area contributed by atoms with Gasteiger partial charge in [0, 0.05) is 0 Å². The van der Waals surface area contributed by atoms with Crippen molar-refractivity contribution in [2.24, 2.45) is 15.0 Å². The number of rotatable bonds is 6. The SMILES string of the molecule is CC(N=C=O)SC(CN=C=O)N=C=O. The molecule has 0 rings (SSSR count). The first-order valence-corrected chi connectivity index (χ1v) is 4.52. The van der Waals surface area contributed by atoms with E-state index in [2.05, 4.69) is 15.0 Å². The maximum Gasteiger partial charge on any atom is 0.236 e. The van der Waals surface area contributed by atoms with Crippen molar-refractivity contribution < 1.29 is 14.4 Å². The summed E-state index contributed by atoms with van der Waals surface area (Å²) in [5, 5.41) is -0.961. The molecule has 0 saturated carbocycles. The lowest BCUT2D eigenvalue weighted by Crippen LogP contribution is -2.08. The van der Waals surface area contributed by atoms with E-state index in [9.17, 15) is 14.4 Å². The number of hydrogen-bond acceptors (Lipinski definition) is 7. The largest absolute Gasteiger partial charge is 0.236 e. The fourth-order valence-electron chi connectivity index (χ4n) is 0.620. The minimum absolute atomic E-state index is 0.0160. The van der Waals surface area contributed by atoms with Crippen molar-refractivity contribution in [1.29, 1.82) is 0 Å². The molecule has 0 heterocycles. The molecule has 0 saturated heterocycles. The average Bonchev–Trinajstić information content (AvgIpc) is 2.15. The summed E-state index contributed by atoms with van der Waals surface area (Å²) in [6, 6.07) is 0. The summed E-state index contributed by atoms with van der Waals surface area (Å²) in [7, 11) is 0. The molecule has 6 nitrogen and oxygen atoms in total. The van der Waals surface area contributed by atoms with E-state index in [1.54, 1.807) is 6.92 Å². The van der Waals surface area contributed by atoms with Crippen molar-refractivity contribution in [3.05, 3.63) is 0 Å². The number of thioether (sulfide) groups is 1. The van der Waals surface area contributed by atoms with Gasteiger partial charge >= 0.3 is 0 Å². The Balaban J connectivity index is 4.27. The minimum atomic E-state index is -0.568. The van der Waals surface area contributed by atoms with Crippen molar-refractivity contribution in [2.45, 2.75) is 17.7 Å². The summed E-state index contributed by atoms with van der Waals surface area (Å²) in [4.78, 5) is 39.7. The molecule has 0 aliphatic rings. The Bertz CT molecular complexity index is 314. The van der Waals surface area contributed by atoms with Gasteiger partial charge in [-0.1, -0.05) is 0 Å². The lowest BCUT2D eigenvalue weighted by atomic mass is 10.6. The number of isocyanates is 3. The van der Waals surface area contributed by atoms with Gasteiger partial charge in [0.1, 0.15) is 10.7 Å². The molecule has 0 aromatic carbocycles. The van der Waals surface area contributed by atoms with Crippen LogP contribution in [0.15, 0.2) is 15.0 Å². The molecule has 2 unspecified atom stereocenters. The lowest BCUT2D eigenvalue weighted by molar-refractivity contribution is 0.558. The number of aliphatic imine (C=N–C) groups is 3. The molecule has 0 N–H and O–H groups in total. The van der Waals surface area contributed by atoms with Gasteiger partial charge in [0.25, 0.3) is 0 Å². The molecule has 2 atom stereocenters. The first-order chi connectivity index (χ1) is 6.74. The second kappa shape index (κ2) is 8.10. The Morgan fingerprint density at radius 3 is 2.29 bits per heavy atom. The molecule has 74 valence electrons. The Morgan fingerprint density at radius 2 is 1.79 bits per heavy atom. The molecule has 0 aliphatic heterocycles. The predicted molar refractivity (Wildman–Crippen MR) is 50.1 cm³/mol. The number of nitrogens with zero attached hydrogens (tertiary/aromatic N) is 3. The summed E-state index contributed by atoms with van der Waals surface area (Å²) < 4.78 is 0. The zero-order valence-electron chi connectivity index (χ0n) is 7.34. The van der Waals surface area contributed by atoms with Crippen LogP contribution in [0.4, 0.5) is 0 Å². The van der Waals surface area contributed by atoms with Gasteiger partial charge in [-0.2, -0.15) is 9.98 Å². The Labute approximate surface area is 84.2 Å². The van der Waals surface area contributed by atoms with Crippen LogP contribution in [0.5, 0.6) is 0 Å². The molecule has 0 radical (unpaired) electrons. The Hall–Kier alpha value is -1.51. The Kier molecular flexibility index (Phi) is 7.23. The summed E-state index contributed by atoms with van der Waals surface area (Å²) in [5.41, 5.74) is 0. The number of carbonyl (C=O) groups excluding carboxylic acids is 3. The molecule has 0 bridgehead atoms. The van der Waals surface area contributed by atoms with E-state index in [0.717, 1.165) is 11.8 Å². The molecule has 7 heteroatoms. The fourth-order valence-corrected chi connectivity index (χ4v) is 1.44. The van der Waals surface area contributed by atoms with Gasteiger partial charge in [-0.25, -0.2) is 19.4 Å². The quantitative estimate of drug-likeness (QED) is 0.472. The second-order valence-corrected chi connectivity index (χ2v) is 3.56. The molecule has 0 aromatic heterocycles. The van der Waals surface area contributed by atoms with Gasteiger partial charge in [0.05, 0.1) is 6.54 Å². The molecule has 0 spiro atoms. The van der Waals surface area contributed by atoms with Gasteiger partial charge in [-0.05, 0) is 6.92 Å². The molecule has 0 aliphatic carbocycles. The Morgan fingerprint density at radius 1 is 1.14 bits per heavy atom. The van der Waals surface area contributed by atoms with Crippen LogP contribution >= 0.6 is 11.8 Å². The van der Waals surface area contributed by atoms with Crippen LogP contribution in [0.3, 0.4) is 0 Å². The lowest BCUT2D eigenvalue weighted by Gasteiger charge is -2.08. The maximum absolute atomic E-state index is 9.96. The zero-order valence-corrected chi connectivity index (χ0v) is 8.15.